The number of hydrogen-bond acceptors (Lipinski definition) is 4. The van der Waals surface area contributed by atoms with Crippen LogP contribution in [-0.2, 0) is 5.54 Å². The van der Waals surface area contributed by atoms with Gasteiger partial charge in [0.25, 0.3) is 0 Å². The van der Waals surface area contributed by atoms with Crippen LogP contribution in [0, 0.1) is 11.3 Å². The first-order chi connectivity index (χ1) is 7.95. The molecule has 2 rings (SSSR count). The van der Waals surface area contributed by atoms with Crippen molar-refractivity contribution < 1.29 is 0 Å². The van der Waals surface area contributed by atoms with Gasteiger partial charge in [0, 0.05) is 10.9 Å². The van der Waals surface area contributed by atoms with Crippen molar-refractivity contribution in [3.63, 3.8) is 0 Å². The molecule has 2 aromatic heterocycles. The van der Waals surface area contributed by atoms with Crippen LogP contribution in [0.4, 0.5) is 5.82 Å². The molecule has 0 aromatic carbocycles. The van der Waals surface area contributed by atoms with Crippen molar-refractivity contribution in [2.45, 2.75) is 26.3 Å². The number of nitrogens with zero attached hydrogens (tertiary/aromatic N) is 3. The van der Waals surface area contributed by atoms with Crippen LogP contribution in [0.2, 0.25) is 0 Å². The molecule has 0 unspecified atom stereocenters. The molecule has 2 N–H and O–H groups in total. The van der Waals surface area contributed by atoms with Crippen LogP contribution in [0.5, 0.6) is 0 Å². The van der Waals surface area contributed by atoms with Crippen molar-refractivity contribution in [1.82, 2.24) is 9.78 Å². The summed E-state index contributed by atoms with van der Waals surface area (Å²) < 4.78 is 1.71. The highest BCUT2D eigenvalue weighted by molar-refractivity contribution is 7.08. The van der Waals surface area contributed by atoms with E-state index in [2.05, 4.69) is 11.2 Å². The minimum Gasteiger partial charge on any atom is -0.383 e. The van der Waals surface area contributed by atoms with Crippen LogP contribution >= 0.6 is 11.3 Å². The van der Waals surface area contributed by atoms with Gasteiger partial charge in [-0.05, 0) is 32.2 Å². The lowest BCUT2D eigenvalue weighted by atomic mass is 10.1. The molecule has 17 heavy (non-hydrogen) atoms. The molecule has 0 fully saturated rings. The van der Waals surface area contributed by atoms with Crippen LogP contribution in [0.15, 0.2) is 16.8 Å². The summed E-state index contributed by atoms with van der Waals surface area (Å²) in [5.41, 5.74) is 7.83. The average molecular weight is 246 g/mol. The SMILES string of the molecule is CC(C)(C)n1nc(-c2ccsc2)c(C#N)c1N. The molecule has 0 amide bonds. The van der Waals surface area contributed by atoms with Crippen molar-refractivity contribution in [3.8, 4) is 17.3 Å². The topological polar surface area (TPSA) is 67.6 Å². The van der Waals surface area contributed by atoms with Crippen LogP contribution < -0.4 is 5.73 Å². The molecule has 0 aliphatic heterocycles. The summed E-state index contributed by atoms with van der Waals surface area (Å²) >= 11 is 1.58. The Morgan fingerprint density at radius 1 is 1.47 bits per heavy atom. The largest absolute Gasteiger partial charge is 0.383 e. The van der Waals surface area contributed by atoms with Crippen LogP contribution in [0.3, 0.4) is 0 Å². The molecule has 2 aromatic rings. The zero-order chi connectivity index (χ0) is 12.6. The Morgan fingerprint density at radius 3 is 2.65 bits per heavy atom. The summed E-state index contributed by atoms with van der Waals surface area (Å²) in [6.07, 6.45) is 0. The summed E-state index contributed by atoms with van der Waals surface area (Å²) in [6.45, 7) is 6.03. The van der Waals surface area contributed by atoms with E-state index in [0.29, 0.717) is 17.1 Å². The van der Waals surface area contributed by atoms with Crippen LogP contribution in [0.25, 0.3) is 11.3 Å². The third kappa shape index (κ3) is 1.92. The number of aromatic nitrogens is 2. The standard InChI is InChI=1S/C12H14N4S/c1-12(2,3)16-11(14)9(6-13)10(15-16)8-4-5-17-7-8/h4-5,7H,14H2,1-3H3. The fourth-order valence-electron chi connectivity index (χ4n) is 1.65. The van der Waals surface area contributed by atoms with E-state index in [1.807, 2.05) is 37.6 Å². The third-order valence-electron chi connectivity index (χ3n) is 2.46. The van der Waals surface area contributed by atoms with Crippen LogP contribution in [-0.4, -0.2) is 9.78 Å². The van der Waals surface area contributed by atoms with Gasteiger partial charge in [-0.1, -0.05) is 0 Å². The molecule has 0 atom stereocenters. The lowest BCUT2D eigenvalue weighted by Gasteiger charge is -2.20. The second-order valence-corrected chi connectivity index (χ2v) is 5.60. The lowest BCUT2D eigenvalue weighted by molar-refractivity contribution is 0.362. The first kappa shape index (κ1) is 11.7. The summed E-state index contributed by atoms with van der Waals surface area (Å²) in [5, 5.41) is 17.6. The smallest absolute Gasteiger partial charge is 0.141 e. The van der Waals surface area contributed by atoms with E-state index in [-0.39, 0.29) is 5.54 Å². The Bertz CT molecular complexity index is 567. The highest BCUT2D eigenvalue weighted by Gasteiger charge is 2.24. The maximum Gasteiger partial charge on any atom is 0.141 e. The summed E-state index contributed by atoms with van der Waals surface area (Å²) in [4.78, 5) is 0. The lowest BCUT2D eigenvalue weighted by Crippen LogP contribution is -2.24. The molecule has 0 aliphatic carbocycles. The molecular weight excluding hydrogens is 232 g/mol. The fourth-order valence-corrected chi connectivity index (χ4v) is 2.29. The Kier molecular flexibility index (Phi) is 2.68. The van der Waals surface area contributed by atoms with Crippen molar-refractivity contribution in [2.24, 2.45) is 0 Å². The predicted molar refractivity (Wildman–Crippen MR) is 69.7 cm³/mol. The van der Waals surface area contributed by atoms with Crippen molar-refractivity contribution in [2.75, 3.05) is 5.73 Å². The van der Waals surface area contributed by atoms with Gasteiger partial charge < -0.3 is 5.73 Å². The third-order valence-corrected chi connectivity index (χ3v) is 3.15. The molecule has 0 radical (unpaired) electrons. The first-order valence-electron chi connectivity index (χ1n) is 5.27. The highest BCUT2D eigenvalue weighted by Crippen LogP contribution is 2.31. The average Bonchev–Trinajstić information content (AvgIpc) is 2.82. The maximum atomic E-state index is 9.20. The van der Waals surface area contributed by atoms with Gasteiger partial charge in [-0.2, -0.15) is 21.7 Å². The number of nitriles is 1. The zero-order valence-electron chi connectivity index (χ0n) is 10.1. The second-order valence-electron chi connectivity index (χ2n) is 4.82. The molecule has 88 valence electrons. The number of thiophene rings is 1. The Labute approximate surface area is 104 Å². The molecular formula is C12H14N4S. The predicted octanol–water partition coefficient (Wildman–Crippen LogP) is 2.82. The van der Waals surface area contributed by atoms with Gasteiger partial charge in [0.1, 0.15) is 23.1 Å². The van der Waals surface area contributed by atoms with Gasteiger partial charge in [-0.3, -0.25) is 0 Å². The zero-order valence-corrected chi connectivity index (χ0v) is 10.9. The molecule has 0 saturated heterocycles. The minimum atomic E-state index is -0.232. The summed E-state index contributed by atoms with van der Waals surface area (Å²) in [7, 11) is 0. The van der Waals surface area contributed by atoms with E-state index in [9.17, 15) is 5.26 Å². The van der Waals surface area contributed by atoms with E-state index in [1.54, 1.807) is 16.0 Å². The van der Waals surface area contributed by atoms with Gasteiger partial charge in [-0.15, -0.1) is 0 Å². The van der Waals surface area contributed by atoms with E-state index in [1.165, 1.54) is 0 Å². The monoisotopic (exact) mass is 246 g/mol. The highest BCUT2D eigenvalue weighted by atomic mass is 32.1. The first-order valence-corrected chi connectivity index (χ1v) is 6.21. The van der Waals surface area contributed by atoms with Crippen molar-refractivity contribution in [1.29, 1.82) is 5.26 Å². The Morgan fingerprint density at radius 2 is 2.18 bits per heavy atom. The van der Waals surface area contributed by atoms with Crippen molar-refractivity contribution in [3.05, 3.63) is 22.4 Å². The van der Waals surface area contributed by atoms with Gasteiger partial charge in [0.2, 0.25) is 0 Å². The summed E-state index contributed by atoms with van der Waals surface area (Å²) in [5.74, 6) is 0.432. The number of nitrogen functional groups attached to an aromatic ring is 1. The summed E-state index contributed by atoms with van der Waals surface area (Å²) in [6, 6.07) is 4.09. The normalized spacial score (nSPS) is 11.4. The van der Waals surface area contributed by atoms with Gasteiger partial charge in [0.05, 0.1) is 5.54 Å². The van der Waals surface area contributed by atoms with Gasteiger partial charge >= 0.3 is 0 Å². The van der Waals surface area contributed by atoms with E-state index in [0.717, 1.165) is 5.56 Å². The second kappa shape index (κ2) is 3.90. The molecule has 0 saturated carbocycles. The number of hydrogen-bond donors (Lipinski definition) is 1. The van der Waals surface area contributed by atoms with Crippen LogP contribution in [0.1, 0.15) is 26.3 Å². The molecule has 2 heterocycles. The van der Waals surface area contributed by atoms with E-state index >= 15 is 0 Å². The Hall–Kier alpha value is -1.80. The van der Waals surface area contributed by atoms with E-state index in [4.69, 9.17) is 5.73 Å². The molecule has 0 bridgehead atoms. The maximum absolute atomic E-state index is 9.20. The van der Waals surface area contributed by atoms with Gasteiger partial charge in [0.15, 0.2) is 0 Å². The number of rotatable bonds is 1. The Balaban J connectivity index is 2.67. The molecule has 4 nitrogen and oxygen atoms in total. The number of nitrogens with two attached hydrogens (primary N) is 1. The minimum absolute atomic E-state index is 0.232. The quantitative estimate of drug-likeness (QED) is 0.841. The molecule has 0 aliphatic rings. The van der Waals surface area contributed by atoms with Gasteiger partial charge in [-0.25, -0.2) is 4.68 Å². The van der Waals surface area contributed by atoms with Crippen molar-refractivity contribution >= 4 is 17.2 Å². The molecule has 0 spiro atoms. The van der Waals surface area contributed by atoms with E-state index < -0.39 is 0 Å². The number of anilines is 1. The molecule has 5 heteroatoms. The fraction of sp³-hybridized carbons (Fsp3) is 0.333.